The highest BCUT2D eigenvalue weighted by Crippen LogP contribution is 2.42. The predicted molar refractivity (Wildman–Crippen MR) is 130 cm³/mol. The summed E-state index contributed by atoms with van der Waals surface area (Å²) >= 11 is 1.62. The molecule has 2 aromatic rings. The number of thiazole rings is 1. The molecule has 1 aliphatic carbocycles. The molecule has 1 saturated carbocycles. The first-order valence-corrected chi connectivity index (χ1v) is 13.8. The van der Waals surface area contributed by atoms with E-state index in [1.165, 1.54) is 38.5 Å². The van der Waals surface area contributed by atoms with Crippen LogP contribution >= 0.6 is 11.3 Å². The molecule has 3 fully saturated rings. The Morgan fingerprint density at radius 1 is 1.12 bits per heavy atom. The lowest BCUT2D eigenvalue weighted by molar-refractivity contribution is -0.125. The molecule has 2 bridgehead atoms. The number of fused-ring (bicyclic) bond motifs is 2. The van der Waals surface area contributed by atoms with Gasteiger partial charge >= 0.3 is 0 Å². The largest absolute Gasteiger partial charge is 0.347 e. The summed E-state index contributed by atoms with van der Waals surface area (Å²) in [6.45, 7) is 7.54. The van der Waals surface area contributed by atoms with E-state index in [1.54, 1.807) is 11.3 Å². The molecular formula is C25H38N6OS. The summed E-state index contributed by atoms with van der Waals surface area (Å²) in [5.74, 6) is 3.00. The molecule has 2 aromatic heterocycles. The minimum absolute atomic E-state index is 0.0223. The van der Waals surface area contributed by atoms with Gasteiger partial charge in [0.15, 0.2) is 0 Å². The molecule has 1 N–H and O–H groups in total. The van der Waals surface area contributed by atoms with Crippen molar-refractivity contribution in [3.05, 3.63) is 28.2 Å². The first-order chi connectivity index (χ1) is 16.0. The van der Waals surface area contributed by atoms with Crippen LogP contribution in [0.5, 0.6) is 0 Å². The van der Waals surface area contributed by atoms with Crippen LogP contribution in [0.1, 0.15) is 107 Å². The summed E-state index contributed by atoms with van der Waals surface area (Å²) in [6, 6.07) is 1.74. The molecule has 3 aliphatic rings. The zero-order chi connectivity index (χ0) is 22.9. The second kappa shape index (κ2) is 9.82. The molecule has 4 heterocycles. The SMILES string of the molecule is Cc1nnc(C(C)C)n1C1CC2CCC(C1)N2CC[C@H](NC(=O)C1CCCC1)c1cscn1. The van der Waals surface area contributed by atoms with E-state index >= 15 is 0 Å². The number of nitrogens with one attached hydrogen (secondary N) is 1. The monoisotopic (exact) mass is 470 g/mol. The fourth-order valence-electron chi connectivity index (χ4n) is 6.50. The van der Waals surface area contributed by atoms with Crippen LogP contribution in [0.3, 0.4) is 0 Å². The maximum Gasteiger partial charge on any atom is 0.223 e. The zero-order valence-electron chi connectivity index (χ0n) is 20.2. The van der Waals surface area contributed by atoms with E-state index in [2.05, 4.69) is 56.1 Å². The zero-order valence-corrected chi connectivity index (χ0v) is 21.1. The van der Waals surface area contributed by atoms with Gasteiger partial charge in [-0.1, -0.05) is 26.7 Å². The molecule has 2 aliphatic heterocycles. The summed E-state index contributed by atoms with van der Waals surface area (Å²) in [7, 11) is 0. The number of aryl methyl sites for hydroxylation is 1. The van der Waals surface area contributed by atoms with Gasteiger partial charge in [-0.3, -0.25) is 9.69 Å². The first kappa shape index (κ1) is 23.0. The Bertz CT molecular complexity index is 921. The Balaban J connectivity index is 1.24. The van der Waals surface area contributed by atoms with Crippen molar-refractivity contribution < 1.29 is 4.79 Å². The molecular weight excluding hydrogens is 432 g/mol. The van der Waals surface area contributed by atoms with Crippen LogP contribution in [0.15, 0.2) is 10.9 Å². The van der Waals surface area contributed by atoms with Gasteiger partial charge in [0, 0.05) is 41.9 Å². The van der Waals surface area contributed by atoms with Gasteiger partial charge in [0.1, 0.15) is 11.6 Å². The van der Waals surface area contributed by atoms with Gasteiger partial charge in [0.2, 0.25) is 5.91 Å². The standard InChI is InChI=1S/C25H38N6OS/c1-16(2)24-29-28-17(3)31(24)21-12-19-8-9-20(13-21)30(19)11-10-22(23-14-33-15-26-23)27-25(32)18-6-4-5-7-18/h14-16,18-22H,4-13H2,1-3H3,(H,27,32)/t19?,20?,21?,22-/m0/s1. The van der Waals surface area contributed by atoms with Crippen molar-refractivity contribution in [2.45, 2.75) is 109 Å². The maximum absolute atomic E-state index is 12.9. The topological polar surface area (TPSA) is 75.9 Å². The van der Waals surface area contributed by atoms with E-state index in [0.29, 0.717) is 24.0 Å². The van der Waals surface area contributed by atoms with Gasteiger partial charge in [-0.05, 0) is 51.9 Å². The Hall–Kier alpha value is -1.80. The molecule has 5 rings (SSSR count). The van der Waals surface area contributed by atoms with Crippen LogP contribution in [0.2, 0.25) is 0 Å². The van der Waals surface area contributed by atoms with E-state index in [1.807, 2.05) is 5.51 Å². The van der Waals surface area contributed by atoms with E-state index in [9.17, 15) is 4.79 Å². The first-order valence-electron chi connectivity index (χ1n) is 12.9. The molecule has 0 radical (unpaired) electrons. The normalized spacial score (nSPS) is 26.8. The minimum atomic E-state index is 0.0223. The van der Waals surface area contributed by atoms with Crippen molar-refractivity contribution in [1.29, 1.82) is 0 Å². The lowest BCUT2D eigenvalue weighted by Crippen LogP contribution is -2.45. The fraction of sp³-hybridized carbons (Fsp3) is 0.760. The molecule has 180 valence electrons. The molecule has 0 aromatic carbocycles. The maximum atomic E-state index is 12.9. The van der Waals surface area contributed by atoms with Gasteiger partial charge in [-0.2, -0.15) is 0 Å². The lowest BCUT2D eigenvalue weighted by atomic mass is 9.95. The quantitative estimate of drug-likeness (QED) is 0.601. The van der Waals surface area contributed by atoms with Crippen LogP contribution in [-0.4, -0.2) is 49.2 Å². The third kappa shape index (κ3) is 4.74. The van der Waals surface area contributed by atoms with Gasteiger partial charge in [0.25, 0.3) is 0 Å². The average Bonchev–Trinajstić information content (AvgIpc) is 3.59. The van der Waals surface area contributed by atoms with E-state index in [-0.39, 0.29) is 17.9 Å². The summed E-state index contributed by atoms with van der Waals surface area (Å²) in [5, 5.41) is 14.4. The number of hydrogen-bond donors (Lipinski definition) is 1. The summed E-state index contributed by atoms with van der Waals surface area (Å²) in [4.78, 5) is 20.2. The number of carbonyl (C=O) groups is 1. The van der Waals surface area contributed by atoms with Gasteiger partial charge in [-0.15, -0.1) is 21.5 Å². The second-order valence-corrected chi connectivity index (χ2v) is 11.3. The van der Waals surface area contributed by atoms with Crippen LogP contribution < -0.4 is 5.32 Å². The smallest absolute Gasteiger partial charge is 0.223 e. The number of piperidine rings is 1. The number of aromatic nitrogens is 4. The van der Waals surface area contributed by atoms with Crippen molar-refractivity contribution >= 4 is 17.2 Å². The van der Waals surface area contributed by atoms with Crippen molar-refractivity contribution in [3.63, 3.8) is 0 Å². The van der Waals surface area contributed by atoms with Crippen LogP contribution in [0, 0.1) is 12.8 Å². The Kier molecular flexibility index (Phi) is 6.84. The minimum Gasteiger partial charge on any atom is -0.347 e. The molecule has 0 spiro atoms. The van der Waals surface area contributed by atoms with Gasteiger partial charge < -0.3 is 9.88 Å². The number of nitrogens with zero attached hydrogens (tertiary/aromatic N) is 5. The van der Waals surface area contributed by atoms with Crippen molar-refractivity contribution in [2.75, 3.05) is 6.54 Å². The number of rotatable bonds is 8. The Labute approximate surface area is 201 Å². The lowest BCUT2D eigenvalue weighted by Gasteiger charge is -2.40. The Morgan fingerprint density at radius 2 is 1.85 bits per heavy atom. The van der Waals surface area contributed by atoms with E-state index in [0.717, 1.165) is 43.1 Å². The van der Waals surface area contributed by atoms with Crippen molar-refractivity contribution in [2.24, 2.45) is 5.92 Å². The summed E-state index contributed by atoms with van der Waals surface area (Å²) < 4.78 is 2.42. The average molecular weight is 471 g/mol. The summed E-state index contributed by atoms with van der Waals surface area (Å²) in [6.07, 6.45) is 10.3. The molecule has 2 saturated heterocycles. The van der Waals surface area contributed by atoms with Crippen LogP contribution in [0.25, 0.3) is 0 Å². The highest BCUT2D eigenvalue weighted by molar-refractivity contribution is 7.07. The Morgan fingerprint density at radius 3 is 2.48 bits per heavy atom. The van der Waals surface area contributed by atoms with Gasteiger partial charge in [-0.25, -0.2) is 4.98 Å². The highest BCUT2D eigenvalue weighted by Gasteiger charge is 2.42. The number of amides is 1. The molecule has 33 heavy (non-hydrogen) atoms. The van der Waals surface area contributed by atoms with Crippen LogP contribution in [-0.2, 0) is 4.79 Å². The molecule has 1 amide bonds. The third-order valence-corrected chi connectivity index (χ3v) is 8.77. The fourth-order valence-corrected chi connectivity index (χ4v) is 7.10. The second-order valence-electron chi connectivity index (χ2n) is 10.6. The summed E-state index contributed by atoms with van der Waals surface area (Å²) in [5.41, 5.74) is 2.91. The number of hydrogen-bond acceptors (Lipinski definition) is 6. The van der Waals surface area contributed by atoms with Crippen LogP contribution in [0.4, 0.5) is 0 Å². The van der Waals surface area contributed by atoms with E-state index < -0.39 is 0 Å². The molecule has 8 heteroatoms. The highest BCUT2D eigenvalue weighted by atomic mass is 32.1. The molecule has 7 nitrogen and oxygen atoms in total. The number of carbonyl (C=O) groups excluding carboxylic acids is 1. The van der Waals surface area contributed by atoms with Crippen molar-refractivity contribution in [1.82, 2.24) is 30.0 Å². The van der Waals surface area contributed by atoms with Crippen molar-refractivity contribution in [3.8, 4) is 0 Å². The molecule has 3 atom stereocenters. The van der Waals surface area contributed by atoms with Gasteiger partial charge in [0.05, 0.1) is 17.2 Å². The molecule has 2 unspecified atom stereocenters. The predicted octanol–water partition coefficient (Wildman–Crippen LogP) is 4.77. The van der Waals surface area contributed by atoms with E-state index in [4.69, 9.17) is 0 Å². The third-order valence-electron chi connectivity index (χ3n) is 8.16.